The van der Waals surface area contributed by atoms with Crippen molar-refractivity contribution in [3.8, 4) is 5.69 Å². The predicted molar refractivity (Wildman–Crippen MR) is 147 cm³/mol. The first-order valence-electron chi connectivity index (χ1n) is 13.3. The minimum Gasteiger partial charge on any atom is -0.338 e. The van der Waals surface area contributed by atoms with E-state index in [1.54, 1.807) is 35.9 Å². The van der Waals surface area contributed by atoms with Gasteiger partial charge in [-0.1, -0.05) is 19.1 Å². The Bertz CT molecular complexity index is 1180. The monoisotopic (exact) mass is 524 g/mol. The Morgan fingerprint density at radius 1 is 1.05 bits per heavy atom. The molecule has 2 saturated heterocycles. The van der Waals surface area contributed by atoms with Crippen molar-refractivity contribution in [3.05, 3.63) is 52.6 Å². The van der Waals surface area contributed by atoms with Gasteiger partial charge in [0.05, 0.1) is 11.2 Å². The van der Waals surface area contributed by atoms with E-state index in [1.807, 2.05) is 24.3 Å². The molecule has 38 heavy (non-hydrogen) atoms. The van der Waals surface area contributed by atoms with Gasteiger partial charge in [-0.25, -0.2) is 9.59 Å². The van der Waals surface area contributed by atoms with Crippen LogP contribution >= 0.6 is 0 Å². The number of amides is 3. The van der Waals surface area contributed by atoms with Gasteiger partial charge in [0.1, 0.15) is 5.82 Å². The molecule has 2 fully saturated rings. The summed E-state index contributed by atoms with van der Waals surface area (Å²) in [5.74, 6) is 0.561. The summed E-state index contributed by atoms with van der Waals surface area (Å²) in [4.78, 5) is 47.5. The SMILES string of the molecule is CC1CN(CCc2ccc(-n3ccc(NC(=O)N4CCN(C(=O)C(C)(C)N)CC4)nc3=O)cc2)CCC1N. The van der Waals surface area contributed by atoms with Gasteiger partial charge in [0, 0.05) is 51.5 Å². The Labute approximate surface area is 223 Å². The second-order valence-corrected chi connectivity index (χ2v) is 11.0. The molecule has 2 unspecified atom stereocenters. The lowest BCUT2D eigenvalue weighted by Crippen LogP contribution is -2.58. The molecule has 0 aliphatic carbocycles. The van der Waals surface area contributed by atoms with Gasteiger partial charge >= 0.3 is 11.7 Å². The molecule has 2 aliphatic rings. The van der Waals surface area contributed by atoms with Gasteiger partial charge in [-0.05, 0) is 62.9 Å². The summed E-state index contributed by atoms with van der Waals surface area (Å²) in [6.07, 6.45) is 3.59. The Hall–Kier alpha value is -3.28. The fourth-order valence-corrected chi connectivity index (χ4v) is 4.94. The number of piperidine rings is 1. The summed E-state index contributed by atoms with van der Waals surface area (Å²) in [6.45, 7) is 10.2. The zero-order valence-electron chi connectivity index (χ0n) is 22.6. The van der Waals surface area contributed by atoms with Crippen LogP contribution in [0, 0.1) is 5.92 Å². The minimum atomic E-state index is -0.945. The number of nitrogens with zero attached hydrogens (tertiary/aromatic N) is 5. The van der Waals surface area contributed by atoms with Gasteiger partial charge in [0.25, 0.3) is 0 Å². The van der Waals surface area contributed by atoms with Gasteiger partial charge < -0.3 is 26.2 Å². The number of nitrogens with one attached hydrogen (secondary N) is 1. The summed E-state index contributed by atoms with van der Waals surface area (Å²) in [6, 6.07) is 9.44. The molecule has 1 aromatic carbocycles. The van der Waals surface area contributed by atoms with Crippen molar-refractivity contribution in [1.82, 2.24) is 24.3 Å². The number of carbonyl (C=O) groups is 2. The fraction of sp³-hybridized carbons (Fsp3) is 0.556. The van der Waals surface area contributed by atoms with E-state index in [0.29, 0.717) is 43.8 Å². The summed E-state index contributed by atoms with van der Waals surface area (Å²) < 4.78 is 1.45. The molecule has 11 nitrogen and oxygen atoms in total. The molecule has 0 radical (unpaired) electrons. The third kappa shape index (κ3) is 6.77. The Balaban J connectivity index is 1.29. The molecule has 206 valence electrons. The normalized spacial score (nSPS) is 20.9. The number of hydrogen-bond acceptors (Lipinski definition) is 7. The van der Waals surface area contributed by atoms with Crippen molar-refractivity contribution in [2.75, 3.05) is 51.1 Å². The number of benzene rings is 1. The topological polar surface area (TPSA) is 143 Å². The Kier molecular flexibility index (Phi) is 8.49. The molecule has 2 atom stereocenters. The molecule has 0 bridgehead atoms. The van der Waals surface area contributed by atoms with E-state index in [1.165, 1.54) is 10.1 Å². The molecule has 0 spiro atoms. The first kappa shape index (κ1) is 27.7. The van der Waals surface area contributed by atoms with E-state index in [2.05, 4.69) is 22.1 Å². The molecule has 3 amide bonds. The molecule has 0 saturated carbocycles. The fourth-order valence-electron chi connectivity index (χ4n) is 4.94. The van der Waals surface area contributed by atoms with E-state index in [9.17, 15) is 14.4 Å². The lowest BCUT2D eigenvalue weighted by molar-refractivity contribution is -0.137. The largest absolute Gasteiger partial charge is 0.354 e. The van der Waals surface area contributed by atoms with Gasteiger partial charge in [-0.2, -0.15) is 4.98 Å². The van der Waals surface area contributed by atoms with E-state index >= 15 is 0 Å². The highest BCUT2D eigenvalue weighted by atomic mass is 16.2. The number of likely N-dealkylation sites (tertiary alicyclic amines) is 1. The molecule has 4 rings (SSSR count). The van der Waals surface area contributed by atoms with Crippen molar-refractivity contribution in [2.24, 2.45) is 17.4 Å². The van der Waals surface area contributed by atoms with Gasteiger partial charge in [0.15, 0.2) is 0 Å². The number of piperazine rings is 1. The van der Waals surface area contributed by atoms with Gasteiger partial charge in [0.2, 0.25) is 5.91 Å². The Morgan fingerprint density at radius 2 is 1.71 bits per heavy atom. The molecule has 5 N–H and O–H groups in total. The standard InChI is InChI=1S/C27H40N8O3/c1-19-18-32(12-9-22(19)28)11-8-20-4-6-21(7-5-20)35-13-10-23(31-26(35)38)30-25(37)34-16-14-33(15-17-34)24(36)27(2,3)29/h4-7,10,13,19,22H,8-9,11-12,14-18,28-29H2,1-3H3,(H,30,31,37,38). The highest BCUT2D eigenvalue weighted by Crippen LogP contribution is 2.16. The number of anilines is 1. The van der Waals surface area contributed by atoms with Crippen LogP contribution in [0.25, 0.3) is 5.69 Å². The van der Waals surface area contributed by atoms with E-state index in [4.69, 9.17) is 11.5 Å². The second kappa shape index (κ2) is 11.6. The van der Waals surface area contributed by atoms with Crippen molar-refractivity contribution < 1.29 is 9.59 Å². The van der Waals surface area contributed by atoms with Crippen molar-refractivity contribution in [3.63, 3.8) is 0 Å². The molecule has 1 aromatic heterocycles. The third-order valence-corrected chi connectivity index (χ3v) is 7.43. The zero-order chi connectivity index (χ0) is 27.4. The number of aromatic nitrogens is 2. The lowest BCUT2D eigenvalue weighted by atomic mass is 9.94. The van der Waals surface area contributed by atoms with Crippen LogP contribution in [0.5, 0.6) is 0 Å². The average molecular weight is 525 g/mol. The quantitative estimate of drug-likeness (QED) is 0.509. The maximum Gasteiger partial charge on any atom is 0.354 e. The smallest absolute Gasteiger partial charge is 0.338 e. The average Bonchev–Trinajstić information content (AvgIpc) is 2.89. The van der Waals surface area contributed by atoms with Gasteiger partial charge in [-0.3, -0.25) is 14.7 Å². The summed E-state index contributed by atoms with van der Waals surface area (Å²) >= 11 is 0. The zero-order valence-corrected chi connectivity index (χ0v) is 22.6. The highest BCUT2D eigenvalue weighted by molar-refractivity contribution is 5.89. The number of rotatable bonds is 6. The molecule has 2 aliphatic heterocycles. The molecule has 2 aromatic rings. The molecular formula is C27H40N8O3. The summed E-state index contributed by atoms with van der Waals surface area (Å²) in [5.41, 5.74) is 12.5. The van der Waals surface area contributed by atoms with Crippen LogP contribution in [0.2, 0.25) is 0 Å². The first-order valence-corrected chi connectivity index (χ1v) is 13.3. The van der Waals surface area contributed by atoms with Crippen LogP contribution in [0.3, 0.4) is 0 Å². The predicted octanol–water partition coefficient (Wildman–Crippen LogP) is 0.858. The van der Waals surface area contributed by atoms with E-state index in [0.717, 1.165) is 32.5 Å². The van der Waals surface area contributed by atoms with Crippen LogP contribution in [0.1, 0.15) is 32.8 Å². The number of nitrogens with two attached hydrogens (primary N) is 2. The van der Waals surface area contributed by atoms with Crippen LogP contribution < -0.4 is 22.5 Å². The van der Waals surface area contributed by atoms with Gasteiger partial charge in [-0.15, -0.1) is 0 Å². The molecular weight excluding hydrogens is 484 g/mol. The van der Waals surface area contributed by atoms with Crippen LogP contribution in [-0.2, 0) is 11.2 Å². The number of carbonyl (C=O) groups excluding carboxylic acids is 2. The first-order chi connectivity index (χ1) is 18.0. The number of hydrogen-bond donors (Lipinski definition) is 3. The van der Waals surface area contributed by atoms with Crippen molar-refractivity contribution in [1.29, 1.82) is 0 Å². The maximum atomic E-state index is 12.7. The van der Waals surface area contributed by atoms with Crippen LogP contribution in [0.15, 0.2) is 41.3 Å². The molecule has 11 heteroatoms. The Morgan fingerprint density at radius 3 is 2.32 bits per heavy atom. The molecule has 3 heterocycles. The number of urea groups is 1. The van der Waals surface area contributed by atoms with Crippen LogP contribution in [0.4, 0.5) is 10.6 Å². The van der Waals surface area contributed by atoms with Crippen LogP contribution in [-0.4, -0.2) is 93.6 Å². The summed E-state index contributed by atoms with van der Waals surface area (Å²) in [5, 5.41) is 2.69. The maximum absolute atomic E-state index is 12.7. The minimum absolute atomic E-state index is 0.141. The van der Waals surface area contributed by atoms with Crippen molar-refractivity contribution >= 4 is 17.8 Å². The second-order valence-electron chi connectivity index (χ2n) is 11.0. The highest BCUT2D eigenvalue weighted by Gasteiger charge is 2.31. The lowest BCUT2D eigenvalue weighted by Gasteiger charge is -2.37. The third-order valence-electron chi connectivity index (χ3n) is 7.43. The van der Waals surface area contributed by atoms with E-state index < -0.39 is 11.2 Å². The van der Waals surface area contributed by atoms with Crippen molar-refractivity contribution in [2.45, 2.75) is 45.2 Å². The van der Waals surface area contributed by atoms with E-state index in [-0.39, 0.29) is 17.8 Å². The summed E-state index contributed by atoms with van der Waals surface area (Å²) in [7, 11) is 0.